The van der Waals surface area contributed by atoms with E-state index in [2.05, 4.69) is 15.9 Å². The highest BCUT2D eigenvalue weighted by Gasteiger charge is 2.26. The number of aryl methyl sites for hydroxylation is 1. The molecule has 1 aromatic carbocycles. The predicted molar refractivity (Wildman–Crippen MR) is 63.3 cm³/mol. The number of aliphatic hydroxyl groups excluding tert-OH is 1. The van der Waals surface area contributed by atoms with E-state index in [0.717, 1.165) is 15.6 Å². The van der Waals surface area contributed by atoms with E-state index in [1.165, 1.54) is 0 Å². The Bertz CT molecular complexity index is 305. The van der Waals surface area contributed by atoms with Crippen molar-refractivity contribution < 1.29 is 5.11 Å². The Morgan fingerprint density at radius 2 is 1.86 bits per heavy atom. The van der Waals surface area contributed by atoms with Crippen molar-refractivity contribution in [2.24, 2.45) is 5.41 Å². The molecule has 0 saturated carbocycles. The molecule has 0 spiro atoms. The van der Waals surface area contributed by atoms with Crippen molar-refractivity contribution in [2.45, 2.75) is 33.8 Å². The summed E-state index contributed by atoms with van der Waals surface area (Å²) in [5.41, 5.74) is 2.00. The Morgan fingerprint density at radius 1 is 1.29 bits per heavy atom. The molecule has 2 heteroatoms. The molecule has 1 nitrogen and oxygen atoms in total. The van der Waals surface area contributed by atoms with E-state index in [4.69, 9.17) is 0 Å². The van der Waals surface area contributed by atoms with Crippen LogP contribution in [0.1, 0.15) is 38.0 Å². The second kappa shape index (κ2) is 4.03. The second-order valence-electron chi connectivity index (χ2n) is 4.74. The van der Waals surface area contributed by atoms with E-state index in [-0.39, 0.29) is 5.41 Å². The molecule has 1 aromatic rings. The van der Waals surface area contributed by atoms with E-state index in [1.54, 1.807) is 0 Å². The maximum atomic E-state index is 10.2. The van der Waals surface area contributed by atoms with Crippen molar-refractivity contribution in [3.05, 3.63) is 33.8 Å². The van der Waals surface area contributed by atoms with Crippen molar-refractivity contribution in [3.8, 4) is 0 Å². The molecule has 78 valence electrons. The van der Waals surface area contributed by atoms with Gasteiger partial charge in [0.25, 0.3) is 0 Å². The summed E-state index contributed by atoms with van der Waals surface area (Å²) in [4.78, 5) is 0. The number of aliphatic hydroxyl groups is 1. The van der Waals surface area contributed by atoms with Crippen molar-refractivity contribution in [1.29, 1.82) is 0 Å². The fraction of sp³-hybridized carbons (Fsp3) is 0.500. The molecule has 1 atom stereocenters. The second-order valence-corrected chi connectivity index (χ2v) is 5.59. The molecular formula is C12H17BrO. The van der Waals surface area contributed by atoms with E-state index in [0.29, 0.717) is 0 Å². The van der Waals surface area contributed by atoms with Gasteiger partial charge >= 0.3 is 0 Å². The number of hydrogen-bond donors (Lipinski definition) is 1. The van der Waals surface area contributed by atoms with Gasteiger partial charge in [-0.15, -0.1) is 0 Å². The first-order valence-electron chi connectivity index (χ1n) is 4.77. The van der Waals surface area contributed by atoms with Crippen LogP contribution >= 0.6 is 15.9 Å². The molecule has 0 saturated heterocycles. The summed E-state index contributed by atoms with van der Waals surface area (Å²) in [6.07, 6.45) is -0.432. The van der Waals surface area contributed by atoms with E-state index in [1.807, 2.05) is 45.9 Å². The highest BCUT2D eigenvalue weighted by molar-refractivity contribution is 9.10. The minimum absolute atomic E-state index is 0.130. The molecule has 0 aliphatic rings. The first kappa shape index (κ1) is 11.7. The quantitative estimate of drug-likeness (QED) is 0.810. The number of hydrogen-bond acceptors (Lipinski definition) is 1. The summed E-state index contributed by atoms with van der Waals surface area (Å²) < 4.78 is 0.986. The molecule has 0 radical (unpaired) electrons. The van der Waals surface area contributed by atoms with Gasteiger partial charge in [0.15, 0.2) is 0 Å². The number of rotatable bonds is 1. The fourth-order valence-electron chi connectivity index (χ4n) is 1.42. The minimum atomic E-state index is -0.432. The highest BCUT2D eigenvalue weighted by Crippen LogP contribution is 2.37. The van der Waals surface area contributed by atoms with Gasteiger partial charge in [-0.1, -0.05) is 48.8 Å². The smallest absolute Gasteiger partial charge is 0.0851 e. The Hall–Kier alpha value is -0.340. The van der Waals surface area contributed by atoms with Crippen LogP contribution in [-0.2, 0) is 0 Å². The summed E-state index contributed by atoms with van der Waals surface area (Å²) in [5.74, 6) is 0. The van der Waals surface area contributed by atoms with Crippen molar-refractivity contribution in [1.82, 2.24) is 0 Å². The third-order valence-electron chi connectivity index (χ3n) is 2.36. The summed E-state index contributed by atoms with van der Waals surface area (Å²) in [7, 11) is 0. The molecule has 0 heterocycles. The molecule has 1 unspecified atom stereocenters. The van der Waals surface area contributed by atoms with E-state index < -0.39 is 6.10 Å². The summed E-state index contributed by atoms with van der Waals surface area (Å²) in [6.45, 7) is 8.14. The standard InChI is InChI=1S/C12H17BrO/c1-8-6-5-7-9(13)10(8)11(14)12(2,3)4/h5-7,11,14H,1-4H3. The number of halogens is 1. The zero-order valence-electron chi connectivity index (χ0n) is 9.13. The lowest BCUT2D eigenvalue weighted by atomic mass is 9.83. The van der Waals surface area contributed by atoms with Gasteiger partial charge in [-0.25, -0.2) is 0 Å². The van der Waals surface area contributed by atoms with Gasteiger partial charge in [-0.2, -0.15) is 0 Å². The molecule has 0 aliphatic heterocycles. The Kier molecular flexibility index (Phi) is 3.38. The Balaban J connectivity index is 3.19. The van der Waals surface area contributed by atoms with Gasteiger partial charge in [0.1, 0.15) is 0 Å². The Morgan fingerprint density at radius 3 is 2.29 bits per heavy atom. The monoisotopic (exact) mass is 256 g/mol. The van der Waals surface area contributed by atoms with Crippen molar-refractivity contribution in [3.63, 3.8) is 0 Å². The fourth-order valence-corrected chi connectivity index (χ4v) is 2.11. The highest BCUT2D eigenvalue weighted by atomic mass is 79.9. The van der Waals surface area contributed by atoms with Crippen LogP contribution in [0.2, 0.25) is 0 Å². The largest absolute Gasteiger partial charge is 0.388 e. The van der Waals surface area contributed by atoms with Crippen molar-refractivity contribution in [2.75, 3.05) is 0 Å². The van der Waals surface area contributed by atoms with Gasteiger partial charge in [0, 0.05) is 4.47 Å². The molecule has 0 amide bonds. The molecule has 14 heavy (non-hydrogen) atoms. The van der Waals surface area contributed by atoms with Crippen molar-refractivity contribution >= 4 is 15.9 Å². The van der Waals surface area contributed by atoms with Crippen LogP contribution in [0.4, 0.5) is 0 Å². The van der Waals surface area contributed by atoms with Gasteiger partial charge in [-0.05, 0) is 29.5 Å². The summed E-state index contributed by atoms with van der Waals surface area (Å²) in [5, 5.41) is 10.2. The zero-order valence-corrected chi connectivity index (χ0v) is 10.7. The molecule has 0 aromatic heterocycles. The minimum Gasteiger partial charge on any atom is -0.388 e. The normalized spacial score (nSPS) is 14.1. The first-order chi connectivity index (χ1) is 6.34. The average Bonchev–Trinajstić information content (AvgIpc) is 2.01. The van der Waals surface area contributed by atoms with Crippen LogP contribution in [0.15, 0.2) is 22.7 Å². The van der Waals surface area contributed by atoms with Gasteiger partial charge in [-0.3, -0.25) is 0 Å². The van der Waals surface area contributed by atoms with Crippen LogP contribution in [0.25, 0.3) is 0 Å². The molecule has 1 rings (SSSR count). The summed E-state index contributed by atoms with van der Waals surface area (Å²) in [6, 6.07) is 5.98. The van der Waals surface area contributed by atoms with E-state index in [9.17, 15) is 5.11 Å². The topological polar surface area (TPSA) is 20.2 Å². The average molecular weight is 257 g/mol. The summed E-state index contributed by atoms with van der Waals surface area (Å²) >= 11 is 3.48. The molecule has 1 N–H and O–H groups in total. The van der Waals surface area contributed by atoms with Gasteiger partial charge in [0.05, 0.1) is 6.10 Å². The third kappa shape index (κ3) is 2.37. The molecular weight excluding hydrogens is 240 g/mol. The SMILES string of the molecule is Cc1cccc(Br)c1C(O)C(C)(C)C. The molecule has 0 fully saturated rings. The zero-order chi connectivity index (χ0) is 10.9. The molecule has 0 bridgehead atoms. The predicted octanol–water partition coefficient (Wildman–Crippen LogP) is 3.84. The van der Waals surface area contributed by atoms with E-state index >= 15 is 0 Å². The van der Waals surface area contributed by atoms with Crippen LogP contribution in [0.3, 0.4) is 0 Å². The van der Waals surface area contributed by atoms with Crippen LogP contribution < -0.4 is 0 Å². The third-order valence-corrected chi connectivity index (χ3v) is 3.06. The lowest BCUT2D eigenvalue weighted by molar-refractivity contribution is 0.0615. The van der Waals surface area contributed by atoms with Crippen LogP contribution in [0.5, 0.6) is 0 Å². The lowest BCUT2D eigenvalue weighted by Crippen LogP contribution is -2.19. The first-order valence-corrected chi connectivity index (χ1v) is 5.56. The maximum absolute atomic E-state index is 10.2. The molecule has 0 aliphatic carbocycles. The number of benzene rings is 1. The lowest BCUT2D eigenvalue weighted by Gasteiger charge is -2.28. The van der Waals surface area contributed by atoms with Gasteiger partial charge in [0.2, 0.25) is 0 Å². The Labute approximate surface area is 94.3 Å². The van der Waals surface area contributed by atoms with Gasteiger partial charge < -0.3 is 5.11 Å². The van der Waals surface area contributed by atoms with Crippen LogP contribution in [0, 0.1) is 12.3 Å². The maximum Gasteiger partial charge on any atom is 0.0851 e. The van der Waals surface area contributed by atoms with Crippen LogP contribution in [-0.4, -0.2) is 5.11 Å².